The fraction of sp³-hybridized carbons (Fsp3) is 0.500. The number of rotatable bonds is 8. The third kappa shape index (κ3) is 6.92. The van der Waals surface area contributed by atoms with Crippen molar-refractivity contribution in [1.29, 1.82) is 0 Å². The number of carbonyl (C=O) groups is 1. The van der Waals surface area contributed by atoms with E-state index < -0.39 is 35.8 Å². The summed E-state index contributed by atoms with van der Waals surface area (Å²) >= 11 is 6.57. The number of likely N-dealkylation sites (N-methyl/N-ethyl adjacent to an activating group) is 1. The van der Waals surface area contributed by atoms with Crippen molar-refractivity contribution in [3.05, 3.63) is 47.4 Å². The number of ether oxygens (including phenoxy) is 3. The second-order valence-electron chi connectivity index (χ2n) is 14.5. The molecule has 3 saturated heterocycles. The van der Waals surface area contributed by atoms with Crippen LogP contribution in [0, 0.1) is 5.82 Å². The number of amides is 1. The molecule has 7 rings (SSSR count). The number of alkyl halides is 3. The maximum absolute atomic E-state index is 17.0. The van der Waals surface area contributed by atoms with Crippen LogP contribution in [0.4, 0.5) is 28.2 Å². The van der Waals surface area contributed by atoms with Crippen LogP contribution in [0.5, 0.6) is 11.8 Å². The first-order valence-corrected chi connectivity index (χ1v) is 17.4. The molecule has 0 N–H and O–H groups in total. The zero-order valence-electron chi connectivity index (χ0n) is 28.8. The summed E-state index contributed by atoms with van der Waals surface area (Å²) in [6.07, 6.45) is 2.60. The van der Waals surface area contributed by atoms with E-state index in [1.165, 1.54) is 18.3 Å². The largest absolute Gasteiger partial charge is 0.461 e. The number of fused-ring (bicyclic) bond motifs is 3. The second-order valence-corrected chi connectivity index (χ2v) is 15.0. The van der Waals surface area contributed by atoms with Crippen molar-refractivity contribution >= 4 is 45.2 Å². The first kappa shape index (κ1) is 35.2. The molecule has 0 bridgehead atoms. The molecule has 3 aliphatic heterocycles. The molecule has 3 atom stereocenters. The zero-order valence-corrected chi connectivity index (χ0v) is 29.5. The van der Waals surface area contributed by atoms with Crippen LogP contribution in [0.2, 0.25) is 5.02 Å². The number of halogens is 5. The Hall–Kier alpha value is -4.17. The fourth-order valence-corrected chi connectivity index (χ4v) is 7.91. The lowest BCUT2D eigenvalue weighted by Crippen LogP contribution is -2.43. The highest BCUT2D eigenvalue weighted by molar-refractivity contribution is 6.36. The summed E-state index contributed by atoms with van der Waals surface area (Å²) in [4.78, 5) is 32.2. The number of pyridine rings is 1. The van der Waals surface area contributed by atoms with Crippen molar-refractivity contribution in [2.45, 2.75) is 76.4 Å². The van der Waals surface area contributed by atoms with Gasteiger partial charge in [-0.1, -0.05) is 23.7 Å². The van der Waals surface area contributed by atoms with Crippen molar-refractivity contribution in [2.75, 3.05) is 44.7 Å². The van der Waals surface area contributed by atoms with E-state index in [2.05, 4.69) is 14.9 Å². The predicted molar refractivity (Wildman–Crippen MR) is 185 cm³/mol. The van der Waals surface area contributed by atoms with Crippen molar-refractivity contribution < 1.29 is 36.6 Å². The van der Waals surface area contributed by atoms with E-state index in [1.54, 1.807) is 50.9 Å². The molecule has 0 spiro atoms. The number of carbonyl (C=O) groups excluding carboxylic acids is 1. The number of aromatic nitrogens is 3. The van der Waals surface area contributed by atoms with Crippen LogP contribution in [0.25, 0.3) is 32.9 Å². The minimum atomic E-state index is -3.11. The molecule has 272 valence electrons. The van der Waals surface area contributed by atoms with Crippen molar-refractivity contribution in [3.63, 3.8) is 0 Å². The molecule has 0 aliphatic carbocycles. The highest BCUT2D eigenvalue weighted by Gasteiger charge is 2.49. The molecular weight excluding hydrogens is 692 g/mol. The summed E-state index contributed by atoms with van der Waals surface area (Å²) in [7, 11) is 1.79. The Morgan fingerprint density at radius 1 is 1.18 bits per heavy atom. The van der Waals surface area contributed by atoms with Gasteiger partial charge in [0.15, 0.2) is 5.82 Å². The molecule has 2 aromatic heterocycles. The van der Waals surface area contributed by atoms with Gasteiger partial charge in [-0.15, -0.1) is 0 Å². The summed E-state index contributed by atoms with van der Waals surface area (Å²) in [5, 5.41) is 1.37. The van der Waals surface area contributed by atoms with Crippen LogP contribution in [0.15, 0.2) is 36.5 Å². The van der Waals surface area contributed by atoms with E-state index in [4.69, 9.17) is 30.8 Å². The lowest BCUT2D eigenvalue weighted by atomic mass is 9.95. The SMILES string of the molecule is CN(c1nc(OC[C@@]23CCCN2C[C@H](F)C3)nc2c(F)c(-c3cc(OC(F)F)cc4cccc(Cl)c34)ncc12)[C@@H]1CCN(C(=O)OC(C)(C)C)C1. The van der Waals surface area contributed by atoms with Crippen LogP contribution in [0.3, 0.4) is 0 Å². The van der Waals surface area contributed by atoms with Gasteiger partial charge in [0.2, 0.25) is 0 Å². The smallest absolute Gasteiger partial charge is 0.410 e. The first-order chi connectivity index (χ1) is 24.2. The average Bonchev–Trinajstić information content (AvgIpc) is 3.77. The van der Waals surface area contributed by atoms with E-state index in [1.807, 2.05) is 4.90 Å². The Bertz CT molecular complexity index is 1980. The molecule has 3 aliphatic rings. The van der Waals surface area contributed by atoms with E-state index in [9.17, 15) is 18.0 Å². The normalized spacial score (nSPS) is 22.3. The Morgan fingerprint density at radius 2 is 1.98 bits per heavy atom. The van der Waals surface area contributed by atoms with Gasteiger partial charge in [-0.3, -0.25) is 9.88 Å². The molecule has 51 heavy (non-hydrogen) atoms. The third-order valence-corrected chi connectivity index (χ3v) is 10.3. The highest BCUT2D eigenvalue weighted by Crippen LogP contribution is 2.42. The maximum atomic E-state index is 17.0. The second kappa shape index (κ2) is 13.4. The van der Waals surface area contributed by atoms with Crippen molar-refractivity contribution in [2.24, 2.45) is 0 Å². The summed E-state index contributed by atoms with van der Waals surface area (Å²) in [6, 6.07) is 7.26. The van der Waals surface area contributed by atoms with Crippen LogP contribution in [0.1, 0.15) is 46.5 Å². The summed E-state index contributed by atoms with van der Waals surface area (Å²) in [5.41, 5.74) is -1.34. The Kier molecular flexibility index (Phi) is 9.28. The number of nitrogens with zero attached hydrogens (tertiary/aromatic N) is 6. The topological polar surface area (TPSA) is 93.1 Å². The van der Waals surface area contributed by atoms with Gasteiger partial charge in [-0.2, -0.15) is 18.7 Å². The number of anilines is 1. The van der Waals surface area contributed by atoms with Crippen LogP contribution in [-0.4, -0.2) is 101 Å². The number of hydrogen-bond donors (Lipinski definition) is 0. The van der Waals surface area contributed by atoms with Crippen molar-refractivity contribution in [1.82, 2.24) is 24.8 Å². The van der Waals surface area contributed by atoms with Crippen LogP contribution < -0.4 is 14.4 Å². The van der Waals surface area contributed by atoms with Gasteiger partial charge in [0.1, 0.15) is 41.2 Å². The molecule has 4 aromatic rings. The Balaban J connectivity index is 1.31. The lowest BCUT2D eigenvalue weighted by molar-refractivity contribution is -0.0497. The van der Waals surface area contributed by atoms with Crippen LogP contribution >= 0.6 is 11.6 Å². The average molecular weight is 731 g/mol. The molecule has 2 aromatic carbocycles. The highest BCUT2D eigenvalue weighted by atomic mass is 35.5. The summed E-state index contributed by atoms with van der Waals surface area (Å²) in [6.45, 7) is 4.29. The molecule has 0 saturated carbocycles. The molecule has 15 heteroatoms. The standard InChI is InChI=1S/C36H39ClF4N6O4/c1-35(2,3)51-34(48)46-12-9-22(18-46)45(4)31-25-16-42-29(24-14-23(50-32(40)41)13-20-7-5-8-26(37)27(20)24)28(39)30(25)43-33(44-31)49-19-36-10-6-11-47(36)17-21(38)15-36/h5,7-8,13-14,16,21-22,32H,6,9-12,15,17-19H2,1-4H3/t21-,22-,36+/m1/s1. The number of hydrogen-bond acceptors (Lipinski definition) is 9. The van der Waals surface area contributed by atoms with E-state index in [0.717, 1.165) is 19.4 Å². The molecular formula is C36H39ClF4N6O4. The predicted octanol–water partition coefficient (Wildman–Crippen LogP) is 7.64. The van der Waals surface area contributed by atoms with Gasteiger partial charge >= 0.3 is 18.7 Å². The van der Waals surface area contributed by atoms with E-state index in [-0.39, 0.29) is 51.6 Å². The fourth-order valence-electron chi connectivity index (χ4n) is 7.63. The molecule has 0 radical (unpaired) electrons. The zero-order chi connectivity index (χ0) is 36.2. The molecule has 0 unspecified atom stereocenters. The minimum absolute atomic E-state index is 0.108. The van der Waals surface area contributed by atoms with Gasteiger partial charge < -0.3 is 24.0 Å². The lowest BCUT2D eigenvalue weighted by Gasteiger charge is -2.31. The van der Waals surface area contributed by atoms with E-state index >= 15 is 4.39 Å². The number of benzene rings is 2. The van der Waals surface area contributed by atoms with Crippen molar-refractivity contribution in [3.8, 4) is 23.0 Å². The van der Waals surface area contributed by atoms with E-state index in [0.29, 0.717) is 49.1 Å². The van der Waals surface area contributed by atoms with Crippen LogP contribution in [-0.2, 0) is 4.74 Å². The minimum Gasteiger partial charge on any atom is -0.461 e. The third-order valence-electron chi connectivity index (χ3n) is 9.95. The van der Waals surface area contributed by atoms with Gasteiger partial charge in [-0.05, 0) is 70.2 Å². The molecule has 3 fully saturated rings. The molecule has 1 amide bonds. The summed E-state index contributed by atoms with van der Waals surface area (Å²) in [5.74, 6) is -0.726. The van der Waals surface area contributed by atoms with Gasteiger partial charge in [0, 0.05) is 61.3 Å². The van der Waals surface area contributed by atoms with Gasteiger partial charge in [0.05, 0.1) is 10.9 Å². The van der Waals surface area contributed by atoms with Gasteiger partial charge in [0.25, 0.3) is 0 Å². The Morgan fingerprint density at radius 3 is 2.75 bits per heavy atom. The Labute approximate surface area is 297 Å². The maximum Gasteiger partial charge on any atom is 0.410 e. The van der Waals surface area contributed by atoms with Gasteiger partial charge in [-0.25, -0.2) is 13.6 Å². The summed E-state index contributed by atoms with van der Waals surface area (Å²) < 4.78 is 74.6. The molecule has 10 nitrogen and oxygen atoms in total. The number of likely N-dealkylation sites (tertiary alicyclic amines) is 1. The monoisotopic (exact) mass is 730 g/mol. The molecule has 5 heterocycles. The quantitative estimate of drug-likeness (QED) is 0.170. The first-order valence-electron chi connectivity index (χ1n) is 17.0.